The molecule has 0 aliphatic carbocycles. The van der Waals surface area contributed by atoms with Gasteiger partial charge in [0.2, 0.25) is 5.91 Å². The topological polar surface area (TPSA) is 66.0 Å². The highest BCUT2D eigenvalue weighted by Crippen LogP contribution is 2.13. The molecule has 1 heterocycles. The van der Waals surface area contributed by atoms with E-state index in [1.165, 1.54) is 0 Å². The zero-order valence-electron chi connectivity index (χ0n) is 13.8. The molecule has 0 spiro atoms. The largest absolute Gasteiger partial charge is 0.378 e. The van der Waals surface area contributed by atoms with Gasteiger partial charge in [-0.1, -0.05) is 0 Å². The van der Waals surface area contributed by atoms with Crippen LogP contribution in [-0.4, -0.2) is 62.2 Å². The first-order chi connectivity index (χ1) is 10.1. The van der Waals surface area contributed by atoms with Crippen LogP contribution in [0.2, 0.25) is 0 Å². The number of likely N-dealkylation sites (tertiary alicyclic amines) is 1. The number of guanidine groups is 1. The van der Waals surface area contributed by atoms with Gasteiger partial charge in [-0.3, -0.25) is 9.79 Å². The molecule has 1 fully saturated rings. The lowest BCUT2D eigenvalue weighted by Gasteiger charge is -2.34. The Kier molecular flexibility index (Phi) is 8.12. The molecule has 122 valence electrons. The van der Waals surface area contributed by atoms with Crippen molar-refractivity contribution in [3.63, 3.8) is 0 Å². The molecular formula is C15H30N4O2. The van der Waals surface area contributed by atoms with Gasteiger partial charge in [0.1, 0.15) is 0 Å². The smallest absolute Gasteiger partial charge is 0.221 e. The SMILES string of the molecule is CCOC1CCN(C(=NC)NCCC(=O)NC(C)C)CC1. The summed E-state index contributed by atoms with van der Waals surface area (Å²) < 4.78 is 5.65. The summed E-state index contributed by atoms with van der Waals surface area (Å²) in [5.41, 5.74) is 0. The number of carbonyl (C=O) groups is 1. The van der Waals surface area contributed by atoms with E-state index in [1.807, 2.05) is 20.8 Å². The minimum atomic E-state index is 0.0722. The van der Waals surface area contributed by atoms with Crippen molar-refractivity contribution in [2.45, 2.75) is 52.2 Å². The van der Waals surface area contributed by atoms with Crippen molar-refractivity contribution in [3.8, 4) is 0 Å². The maximum absolute atomic E-state index is 11.6. The van der Waals surface area contributed by atoms with Crippen molar-refractivity contribution < 1.29 is 9.53 Å². The van der Waals surface area contributed by atoms with Crippen molar-refractivity contribution in [2.75, 3.05) is 33.3 Å². The first kappa shape index (κ1) is 17.8. The molecule has 0 radical (unpaired) electrons. The minimum Gasteiger partial charge on any atom is -0.378 e. The maximum atomic E-state index is 11.6. The van der Waals surface area contributed by atoms with Crippen LogP contribution in [0.4, 0.5) is 0 Å². The summed E-state index contributed by atoms with van der Waals surface area (Å²) in [6, 6.07) is 0.189. The van der Waals surface area contributed by atoms with Gasteiger partial charge in [-0.15, -0.1) is 0 Å². The third-order valence-corrected chi connectivity index (χ3v) is 3.44. The minimum absolute atomic E-state index is 0.0722. The molecular weight excluding hydrogens is 268 g/mol. The molecule has 0 atom stereocenters. The molecule has 0 aromatic heterocycles. The van der Waals surface area contributed by atoms with Gasteiger partial charge in [-0.05, 0) is 33.6 Å². The third kappa shape index (κ3) is 6.80. The summed E-state index contributed by atoms with van der Waals surface area (Å²) in [5.74, 6) is 0.949. The van der Waals surface area contributed by atoms with Crippen LogP contribution in [0.5, 0.6) is 0 Å². The molecule has 1 aliphatic heterocycles. The number of amides is 1. The molecule has 0 aromatic rings. The van der Waals surface area contributed by atoms with E-state index in [4.69, 9.17) is 4.74 Å². The molecule has 1 rings (SSSR count). The van der Waals surface area contributed by atoms with E-state index in [2.05, 4.69) is 20.5 Å². The molecule has 1 amide bonds. The van der Waals surface area contributed by atoms with Gasteiger partial charge in [0.15, 0.2) is 5.96 Å². The fourth-order valence-electron chi connectivity index (χ4n) is 2.48. The second kappa shape index (κ2) is 9.60. The number of rotatable bonds is 6. The van der Waals surface area contributed by atoms with Crippen molar-refractivity contribution in [1.82, 2.24) is 15.5 Å². The summed E-state index contributed by atoms with van der Waals surface area (Å²) in [7, 11) is 1.78. The molecule has 1 saturated heterocycles. The first-order valence-electron chi connectivity index (χ1n) is 7.93. The molecule has 6 nitrogen and oxygen atoms in total. The Morgan fingerprint density at radius 2 is 2.05 bits per heavy atom. The van der Waals surface area contributed by atoms with E-state index < -0.39 is 0 Å². The second-order valence-corrected chi connectivity index (χ2v) is 5.59. The van der Waals surface area contributed by atoms with Gasteiger partial charge < -0.3 is 20.3 Å². The van der Waals surface area contributed by atoms with Crippen LogP contribution in [0.25, 0.3) is 0 Å². The number of nitrogens with one attached hydrogen (secondary N) is 2. The van der Waals surface area contributed by atoms with Crippen LogP contribution in [0.15, 0.2) is 4.99 Å². The third-order valence-electron chi connectivity index (χ3n) is 3.44. The summed E-state index contributed by atoms with van der Waals surface area (Å²) in [6.45, 7) is 9.25. The maximum Gasteiger partial charge on any atom is 0.221 e. The highest BCUT2D eigenvalue weighted by atomic mass is 16.5. The van der Waals surface area contributed by atoms with Crippen molar-refractivity contribution in [2.24, 2.45) is 4.99 Å². The highest BCUT2D eigenvalue weighted by Gasteiger charge is 2.21. The first-order valence-corrected chi connectivity index (χ1v) is 7.93. The Bertz CT molecular complexity index is 337. The Balaban J connectivity index is 2.28. The van der Waals surface area contributed by atoms with Gasteiger partial charge in [0.05, 0.1) is 6.10 Å². The lowest BCUT2D eigenvalue weighted by atomic mass is 10.1. The fraction of sp³-hybridized carbons (Fsp3) is 0.867. The molecule has 0 aromatic carbocycles. The van der Waals surface area contributed by atoms with Crippen molar-refractivity contribution in [3.05, 3.63) is 0 Å². The molecule has 21 heavy (non-hydrogen) atoms. The van der Waals surface area contributed by atoms with Gasteiger partial charge >= 0.3 is 0 Å². The lowest BCUT2D eigenvalue weighted by molar-refractivity contribution is -0.121. The monoisotopic (exact) mass is 298 g/mol. The Labute approximate surface area is 128 Å². The fourth-order valence-corrected chi connectivity index (χ4v) is 2.48. The van der Waals surface area contributed by atoms with Crippen LogP contribution < -0.4 is 10.6 Å². The van der Waals surface area contributed by atoms with Crippen LogP contribution in [0.3, 0.4) is 0 Å². The average molecular weight is 298 g/mol. The second-order valence-electron chi connectivity index (χ2n) is 5.59. The molecule has 0 saturated carbocycles. The molecule has 2 N–H and O–H groups in total. The zero-order valence-corrected chi connectivity index (χ0v) is 13.8. The quantitative estimate of drug-likeness (QED) is 0.567. The van der Waals surface area contributed by atoms with Gasteiger partial charge in [0, 0.05) is 45.8 Å². The van der Waals surface area contributed by atoms with E-state index in [0.29, 0.717) is 19.1 Å². The number of ether oxygens (including phenoxy) is 1. The zero-order chi connectivity index (χ0) is 15.7. The van der Waals surface area contributed by atoms with Crippen LogP contribution in [-0.2, 0) is 9.53 Å². The summed E-state index contributed by atoms with van der Waals surface area (Å²) >= 11 is 0. The van der Waals surface area contributed by atoms with Gasteiger partial charge in [-0.25, -0.2) is 0 Å². The average Bonchev–Trinajstić information content (AvgIpc) is 2.44. The Hall–Kier alpha value is -1.30. The highest BCUT2D eigenvalue weighted by molar-refractivity contribution is 5.81. The van der Waals surface area contributed by atoms with E-state index in [1.54, 1.807) is 7.05 Å². The Morgan fingerprint density at radius 3 is 2.57 bits per heavy atom. The normalized spacial score (nSPS) is 17.2. The van der Waals surface area contributed by atoms with Crippen LogP contribution in [0.1, 0.15) is 40.0 Å². The molecule has 0 bridgehead atoms. The number of piperidine rings is 1. The number of aliphatic imine (C=N–C) groups is 1. The molecule has 6 heteroatoms. The number of carbonyl (C=O) groups excluding carboxylic acids is 1. The number of hydrogen-bond acceptors (Lipinski definition) is 3. The predicted octanol–water partition coefficient (Wildman–Crippen LogP) is 0.977. The summed E-state index contributed by atoms with van der Waals surface area (Å²) in [5, 5.41) is 6.15. The molecule has 1 aliphatic rings. The Morgan fingerprint density at radius 1 is 1.38 bits per heavy atom. The number of hydrogen-bond donors (Lipinski definition) is 2. The number of nitrogens with zero attached hydrogens (tertiary/aromatic N) is 2. The molecule has 0 unspecified atom stereocenters. The van der Waals surface area contributed by atoms with E-state index in [0.717, 1.165) is 38.5 Å². The van der Waals surface area contributed by atoms with E-state index in [-0.39, 0.29) is 11.9 Å². The summed E-state index contributed by atoms with van der Waals surface area (Å²) in [4.78, 5) is 18.1. The van der Waals surface area contributed by atoms with E-state index >= 15 is 0 Å². The summed E-state index contributed by atoms with van der Waals surface area (Å²) in [6.07, 6.45) is 2.90. The van der Waals surface area contributed by atoms with Crippen LogP contribution in [0, 0.1) is 0 Å². The van der Waals surface area contributed by atoms with Crippen molar-refractivity contribution >= 4 is 11.9 Å². The van der Waals surface area contributed by atoms with Crippen molar-refractivity contribution in [1.29, 1.82) is 0 Å². The van der Waals surface area contributed by atoms with E-state index in [9.17, 15) is 4.79 Å². The lowest BCUT2D eigenvalue weighted by Crippen LogP contribution is -2.47. The van der Waals surface area contributed by atoms with Gasteiger partial charge in [0.25, 0.3) is 0 Å². The van der Waals surface area contributed by atoms with Gasteiger partial charge in [-0.2, -0.15) is 0 Å². The predicted molar refractivity (Wildman–Crippen MR) is 85.5 cm³/mol. The van der Waals surface area contributed by atoms with Crippen LogP contribution >= 0.6 is 0 Å². The standard InChI is InChI=1S/C15H30N4O2/c1-5-21-13-7-10-19(11-8-13)15(16-4)17-9-6-14(20)18-12(2)3/h12-13H,5-11H2,1-4H3,(H,16,17)(H,18,20).